The number of thiocarbonyl (C=S) groups is 1. The van der Waals surface area contributed by atoms with E-state index in [-0.39, 0.29) is 35.4 Å². The number of thioether (sulfide) groups is 1. The Labute approximate surface area is 273 Å². The Balaban J connectivity index is 1.30. The summed E-state index contributed by atoms with van der Waals surface area (Å²) in [5.74, 6) is -1.64. The first-order chi connectivity index (χ1) is 21.7. The number of carboxylic acid groups (broad SMARTS) is 1. The van der Waals surface area contributed by atoms with Gasteiger partial charge in [0.2, 0.25) is 5.91 Å². The fourth-order valence-electron chi connectivity index (χ4n) is 4.76. The molecule has 0 unspecified atom stereocenters. The van der Waals surface area contributed by atoms with Gasteiger partial charge in [-0.15, -0.1) is 0 Å². The van der Waals surface area contributed by atoms with Crippen molar-refractivity contribution in [2.24, 2.45) is 0 Å². The second-order valence-electron chi connectivity index (χ2n) is 10.2. The molecule has 2 aliphatic heterocycles. The highest BCUT2D eigenvalue weighted by Gasteiger charge is 2.32. The van der Waals surface area contributed by atoms with E-state index in [9.17, 15) is 18.8 Å². The molecule has 3 aromatic rings. The summed E-state index contributed by atoms with van der Waals surface area (Å²) in [6.07, 6.45) is 1.68. The molecule has 0 aromatic heterocycles. The number of hydrogen-bond acceptors (Lipinski definition) is 8. The maximum atomic E-state index is 13.7. The van der Waals surface area contributed by atoms with E-state index < -0.39 is 11.8 Å². The molecule has 0 spiro atoms. The van der Waals surface area contributed by atoms with Crippen molar-refractivity contribution < 1.29 is 33.4 Å². The van der Waals surface area contributed by atoms with Gasteiger partial charge in [-0.2, -0.15) is 0 Å². The SMILES string of the molecule is O=C(CCN1C(=O)/C(=C/c2cc(-c3ccc(F)cc3Cl)ccc2OCCN2CCOCC2)SC1=S)Nc1ccc(C(=O)O)cc1. The molecule has 2 aliphatic rings. The van der Waals surface area contributed by atoms with Gasteiger partial charge in [0.05, 0.1) is 28.7 Å². The number of nitrogens with zero attached hydrogens (tertiary/aromatic N) is 2. The molecule has 13 heteroatoms. The minimum absolute atomic E-state index is 0.0190. The molecular weight excluding hydrogens is 641 g/mol. The van der Waals surface area contributed by atoms with Gasteiger partial charge in [0.1, 0.15) is 22.5 Å². The van der Waals surface area contributed by atoms with Crippen molar-refractivity contribution in [2.45, 2.75) is 6.42 Å². The molecule has 45 heavy (non-hydrogen) atoms. The number of ether oxygens (including phenoxy) is 2. The lowest BCUT2D eigenvalue weighted by molar-refractivity contribution is -0.122. The standard InChI is InChI=1S/C32H29ClFN3O6S2/c33-26-19-23(34)4-7-25(26)21-3-8-27(43-16-13-36-11-14-42-15-12-36)22(17-21)18-28-30(39)37(32(44)45-28)10-9-29(38)35-24-5-1-20(2-6-24)31(40)41/h1-8,17-19H,9-16H2,(H,35,38)(H,40,41)/b28-18-. The van der Waals surface area contributed by atoms with Crippen LogP contribution in [0.3, 0.4) is 0 Å². The second-order valence-corrected chi connectivity index (χ2v) is 12.3. The predicted octanol–water partition coefficient (Wildman–Crippen LogP) is 5.79. The number of hydrogen-bond donors (Lipinski definition) is 2. The maximum Gasteiger partial charge on any atom is 0.335 e. The van der Waals surface area contributed by atoms with Gasteiger partial charge in [0.25, 0.3) is 5.91 Å². The van der Waals surface area contributed by atoms with Gasteiger partial charge in [0, 0.05) is 49.4 Å². The van der Waals surface area contributed by atoms with Crippen LogP contribution in [0.1, 0.15) is 22.3 Å². The summed E-state index contributed by atoms with van der Waals surface area (Å²) in [5, 5.41) is 12.0. The Kier molecular flexibility index (Phi) is 10.8. The van der Waals surface area contributed by atoms with Crippen molar-refractivity contribution in [2.75, 3.05) is 51.3 Å². The third-order valence-electron chi connectivity index (χ3n) is 7.16. The first-order valence-electron chi connectivity index (χ1n) is 14.1. The van der Waals surface area contributed by atoms with Gasteiger partial charge < -0.3 is 19.9 Å². The molecule has 0 bridgehead atoms. The van der Waals surface area contributed by atoms with Crippen LogP contribution >= 0.6 is 35.6 Å². The zero-order valence-corrected chi connectivity index (χ0v) is 26.4. The number of carboxylic acids is 1. The van der Waals surface area contributed by atoms with Crippen molar-refractivity contribution in [3.63, 3.8) is 0 Å². The van der Waals surface area contributed by atoms with Crippen molar-refractivity contribution in [1.29, 1.82) is 0 Å². The number of morpholine rings is 1. The van der Waals surface area contributed by atoms with E-state index in [0.717, 1.165) is 30.4 Å². The predicted molar refractivity (Wildman–Crippen MR) is 176 cm³/mol. The fourth-order valence-corrected chi connectivity index (χ4v) is 6.34. The highest BCUT2D eigenvalue weighted by molar-refractivity contribution is 8.26. The molecule has 2 N–H and O–H groups in total. The third kappa shape index (κ3) is 8.47. The van der Waals surface area contributed by atoms with E-state index in [0.29, 0.717) is 58.2 Å². The largest absolute Gasteiger partial charge is 0.492 e. The highest BCUT2D eigenvalue weighted by Crippen LogP contribution is 2.37. The molecule has 9 nitrogen and oxygen atoms in total. The van der Waals surface area contributed by atoms with Gasteiger partial charge in [-0.1, -0.05) is 41.6 Å². The Morgan fingerprint density at radius 3 is 2.56 bits per heavy atom. The van der Waals surface area contributed by atoms with Gasteiger partial charge in [-0.3, -0.25) is 19.4 Å². The van der Waals surface area contributed by atoms with E-state index in [1.165, 1.54) is 41.3 Å². The van der Waals surface area contributed by atoms with Crippen LogP contribution in [-0.2, 0) is 14.3 Å². The lowest BCUT2D eigenvalue weighted by atomic mass is 10.0. The quantitative estimate of drug-likeness (QED) is 0.194. The van der Waals surface area contributed by atoms with Gasteiger partial charge >= 0.3 is 5.97 Å². The van der Waals surface area contributed by atoms with Crippen LogP contribution < -0.4 is 10.1 Å². The molecule has 2 amide bonds. The highest BCUT2D eigenvalue weighted by atomic mass is 35.5. The van der Waals surface area contributed by atoms with Crippen molar-refractivity contribution in [3.05, 3.63) is 87.5 Å². The smallest absolute Gasteiger partial charge is 0.335 e. The Bertz CT molecular complexity index is 1650. The molecule has 2 heterocycles. The van der Waals surface area contributed by atoms with E-state index >= 15 is 0 Å². The summed E-state index contributed by atoms with van der Waals surface area (Å²) >= 11 is 13.0. The Morgan fingerprint density at radius 1 is 1.09 bits per heavy atom. The summed E-state index contributed by atoms with van der Waals surface area (Å²) in [6.45, 7) is 4.22. The molecule has 2 fully saturated rings. The molecule has 234 valence electrons. The monoisotopic (exact) mass is 669 g/mol. The van der Waals surface area contributed by atoms with Gasteiger partial charge in [0.15, 0.2) is 0 Å². The van der Waals surface area contributed by atoms with Crippen LogP contribution in [0.15, 0.2) is 65.6 Å². The molecule has 2 saturated heterocycles. The average molecular weight is 670 g/mol. The van der Waals surface area contributed by atoms with Crippen molar-refractivity contribution in [1.82, 2.24) is 9.80 Å². The first-order valence-corrected chi connectivity index (χ1v) is 15.7. The third-order valence-corrected chi connectivity index (χ3v) is 8.85. The summed E-state index contributed by atoms with van der Waals surface area (Å²) in [4.78, 5) is 41.0. The molecule has 0 aliphatic carbocycles. The number of anilines is 1. The van der Waals surface area contributed by atoms with Crippen LogP contribution in [0, 0.1) is 5.82 Å². The van der Waals surface area contributed by atoms with E-state index in [2.05, 4.69) is 10.2 Å². The van der Waals surface area contributed by atoms with Crippen LogP contribution in [0.4, 0.5) is 10.1 Å². The van der Waals surface area contributed by atoms with Crippen molar-refractivity contribution in [3.8, 4) is 16.9 Å². The molecule has 5 rings (SSSR count). The fraction of sp³-hybridized carbons (Fsp3) is 0.250. The van der Waals surface area contributed by atoms with Gasteiger partial charge in [-0.25, -0.2) is 9.18 Å². The number of carbonyl (C=O) groups is 3. The lowest BCUT2D eigenvalue weighted by Crippen LogP contribution is -2.38. The van der Waals surface area contributed by atoms with Gasteiger partial charge in [-0.05, 0) is 66.2 Å². The zero-order chi connectivity index (χ0) is 31.9. The van der Waals surface area contributed by atoms with Crippen LogP contribution in [0.2, 0.25) is 5.02 Å². The molecule has 0 atom stereocenters. The number of benzene rings is 3. The van der Waals surface area contributed by atoms with Crippen LogP contribution in [0.25, 0.3) is 17.2 Å². The average Bonchev–Trinajstić information content (AvgIpc) is 3.28. The van der Waals surface area contributed by atoms with E-state index in [1.807, 2.05) is 12.1 Å². The lowest BCUT2D eigenvalue weighted by Gasteiger charge is -2.26. The van der Waals surface area contributed by atoms with Crippen molar-refractivity contribution >= 4 is 69.4 Å². The number of aromatic carboxylic acids is 1. The minimum atomic E-state index is -1.06. The van der Waals surface area contributed by atoms with Crippen LogP contribution in [0.5, 0.6) is 5.75 Å². The Morgan fingerprint density at radius 2 is 1.84 bits per heavy atom. The summed E-state index contributed by atoms with van der Waals surface area (Å²) in [7, 11) is 0. The summed E-state index contributed by atoms with van der Waals surface area (Å²) in [6, 6.07) is 15.4. The second kappa shape index (κ2) is 15.0. The zero-order valence-electron chi connectivity index (χ0n) is 24.0. The van der Waals surface area contributed by atoms with E-state index in [4.69, 9.17) is 38.4 Å². The van der Waals surface area contributed by atoms with E-state index in [1.54, 1.807) is 18.2 Å². The number of nitrogens with one attached hydrogen (secondary N) is 1. The normalized spacial score (nSPS) is 16.3. The molecule has 0 saturated carbocycles. The van der Waals surface area contributed by atoms with Crippen LogP contribution in [-0.4, -0.2) is 83.0 Å². The minimum Gasteiger partial charge on any atom is -0.492 e. The summed E-state index contributed by atoms with van der Waals surface area (Å²) in [5.41, 5.74) is 2.52. The number of carbonyl (C=O) groups excluding carboxylic acids is 2. The Hall–Kier alpha value is -3.81. The number of rotatable bonds is 11. The molecule has 0 radical (unpaired) electrons. The topological polar surface area (TPSA) is 108 Å². The first kappa shape index (κ1) is 32.6. The number of halogens is 2. The maximum absolute atomic E-state index is 13.7. The molecular formula is C32H29ClFN3O6S2. The summed E-state index contributed by atoms with van der Waals surface area (Å²) < 4.78 is 25.6. The molecule has 3 aromatic carbocycles. The number of amides is 2.